The van der Waals surface area contributed by atoms with Gasteiger partial charge >= 0.3 is 0 Å². The van der Waals surface area contributed by atoms with Gasteiger partial charge in [0.1, 0.15) is 5.75 Å². The minimum Gasteiger partial charge on any atom is -0.497 e. The lowest BCUT2D eigenvalue weighted by atomic mass is 10.00. The first-order valence-corrected chi connectivity index (χ1v) is 10.9. The highest BCUT2D eigenvalue weighted by molar-refractivity contribution is 5.76. The van der Waals surface area contributed by atoms with Crippen molar-refractivity contribution in [3.63, 3.8) is 0 Å². The van der Waals surface area contributed by atoms with E-state index in [0.29, 0.717) is 18.9 Å². The summed E-state index contributed by atoms with van der Waals surface area (Å²) in [6.07, 6.45) is 1.26. The highest BCUT2D eigenvalue weighted by Gasteiger charge is 2.23. The van der Waals surface area contributed by atoms with Crippen molar-refractivity contribution in [2.75, 3.05) is 40.0 Å². The molecule has 0 aliphatic carbocycles. The molecular formula is C25H34N2O3. The van der Waals surface area contributed by atoms with E-state index in [-0.39, 0.29) is 11.9 Å². The number of methoxy groups -OCH3 is 1. The maximum absolute atomic E-state index is 12.5. The highest BCUT2D eigenvalue weighted by atomic mass is 16.5. The Hall–Kier alpha value is -2.37. The van der Waals surface area contributed by atoms with Crippen molar-refractivity contribution in [2.24, 2.45) is 0 Å². The molecule has 1 atom stereocenters. The number of amides is 1. The number of nitrogens with one attached hydrogen (secondary N) is 1. The Morgan fingerprint density at radius 2 is 1.67 bits per heavy atom. The Bertz CT molecular complexity index is 781. The van der Waals surface area contributed by atoms with Gasteiger partial charge in [-0.3, -0.25) is 9.69 Å². The van der Waals surface area contributed by atoms with Crippen LogP contribution in [-0.4, -0.2) is 50.8 Å². The Morgan fingerprint density at radius 3 is 2.27 bits per heavy atom. The predicted molar refractivity (Wildman–Crippen MR) is 120 cm³/mol. The third kappa shape index (κ3) is 6.31. The van der Waals surface area contributed by atoms with E-state index in [1.54, 1.807) is 7.11 Å². The minimum absolute atomic E-state index is 0.0923. The van der Waals surface area contributed by atoms with Crippen molar-refractivity contribution < 1.29 is 14.3 Å². The van der Waals surface area contributed by atoms with Crippen LogP contribution in [0.15, 0.2) is 48.5 Å². The molecule has 1 aliphatic heterocycles. The highest BCUT2D eigenvalue weighted by Crippen LogP contribution is 2.24. The van der Waals surface area contributed by atoms with E-state index in [1.807, 2.05) is 12.1 Å². The van der Waals surface area contributed by atoms with Gasteiger partial charge in [-0.15, -0.1) is 0 Å². The molecule has 1 fully saturated rings. The summed E-state index contributed by atoms with van der Waals surface area (Å²) in [5, 5.41) is 3.15. The zero-order valence-electron chi connectivity index (χ0n) is 18.4. The molecule has 1 saturated heterocycles. The molecule has 0 radical (unpaired) electrons. The maximum Gasteiger partial charge on any atom is 0.220 e. The maximum atomic E-state index is 12.5. The third-order valence-corrected chi connectivity index (χ3v) is 5.77. The van der Waals surface area contributed by atoms with Crippen molar-refractivity contribution in [3.8, 4) is 5.75 Å². The fraction of sp³-hybridized carbons (Fsp3) is 0.480. The molecule has 3 rings (SSSR count). The average molecular weight is 411 g/mol. The molecule has 0 bridgehead atoms. The number of hydrogen-bond donors (Lipinski definition) is 1. The monoisotopic (exact) mass is 410 g/mol. The second kappa shape index (κ2) is 11.1. The fourth-order valence-corrected chi connectivity index (χ4v) is 3.80. The summed E-state index contributed by atoms with van der Waals surface area (Å²) in [5.41, 5.74) is 3.72. The van der Waals surface area contributed by atoms with Gasteiger partial charge in [0.15, 0.2) is 0 Å². The second-order valence-corrected chi connectivity index (χ2v) is 8.14. The molecule has 162 valence electrons. The third-order valence-electron chi connectivity index (χ3n) is 5.77. The van der Waals surface area contributed by atoms with Crippen molar-refractivity contribution in [2.45, 2.75) is 38.6 Å². The lowest BCUT2D eigenvalue weighted by Gasteiger charge is -2.35. The van der Waals surface area contributed by atoms with Gasteiger partial charge in [0.2, 0.25) is 5.91 Å². The summed E-state index contributed by atoms with van der Waals surface area (Å²) in [4.78, 5) is 14.9. The second-order valence-electron chi connectivity index (χ2n) is 8.14. The van der Waals surface area contributed by atoms with Crippen LogP contribution in [0.2, 0.25) is 0 Å². The van der Waals surface area contributed by atoms with Crippen molar-refractivity contribution in [1.82, 2.24) is 10.2 Å². The van der Waals surface area contributed by atoms with Gasteiger partial charge in [-0.1, -0.05) is 50.2 Å². The van der Waals surface area contributed by atoms with Crippen LogP contribution in [0.1, 0.15) is 48.9 Å². The number of morpholine rings is 1. The topological polar surface area (TPSA) is 50.8 Å². The summed E-state index contributed by atoms with van der Waals surface area (Å²) in [7, 11) is 1.67. The van der Waals surface area contributed by atoms with Gasteiger partial charge in [-0.05, 0) is 41.2 Å². The molecule has 1 N–H and O–H groups in total. The molecule has 5 nitrogen and oxygen atoms in total. The van der Waals surface area contributed by atoms with Crippen LogP contribution < -0.4 is 10.1 Å². The summed E-state index contributed by atoms with van der Waals surface area (Å²) in [5.74, 6) is 1.46. The number of carbonyl (C=O) groups excluding carboxylic acids is 1. The summed E-state index contributed by atoms with van der Waals surface area (Å²) in [6, 6.07) is 16.9. The van der Waals surface area contributed by atoms with Gasteiger partial charge < -0.3 is 14.8 Å². The average Bonchev–Trinajstić information content (AvgIpc) is 2.79. The summed E-state index contributed by atoms with van der Waals surface area (Å²) < 4.78 is 10.8. The summed E-state index contributed by atoms with van der Waals surface area (Å²) in [6.45, 7) is 8.17. The van der Waals surface area contributed by atoms with Crippen LogP contribution in [0.4, 0.5) is 0 Å². The number of rotatable bonds is 9. The quantitative estimate of drug-likeness (QED) is 0.680. The smallest absolute Gasteiger partial charge is 0.220 e. The van der Waals surface area contributed by atoms with Gasteiger partial charge in [-0.25, -0.2) is 0 Å². The Labute approximate surface area is 180 Å². The molecule has 2 aromatic rings. The molecule has 0 spiro atoms. The molecule has 0 saturated carbocycles. The van der Waals surface area contributed by atoms with Crippen LogP contribution in [0.25, 0.3) is 0 Å². The minimum atomic E-state index is 0.0923. The zero-order chi connectivity index (χ0) is 21.3. The van der Waals surface area contributed by atoms with E-state index in [2.05, 4.69) is 60.5 Å². The van der Waals surface area contributed by atoms with E-state index in [4.69, 9.17) is 9.47 Å². The van der Waals surface area contributed by atoms with Crippen molar-refractivity contribution >= 4 is 5.91 Å². The molecule has 2 aromatic carbocycles. The number of benzene rings is 2. The van der Waals surface area contributed by atoms with Crippen molar-refractivity contribution in [3.05, 3.63) is 65.2 Å². The zero-order valence-corrected chi connectivity index (χ0v) is 18.4. The lowest BCUT2D eigenvalue weighted by Crippen LogP contribution is -2.43. The summed E-state index contributed by atoms with van der Waals surface area (Å²) >= 11 is 0. The Kier molecular flexibility index (Phi) is 8.29. The molecule has 1 amide bonds. The fourth-order valence-electron chi connectivity index (χ4n) is 3.80. The molecule has 5 heteroatoms. The van der Waals surface area contributed by atoms with Gasteiger partial charge in [-0.2, -0.15) is 0 Å². The SMILES string of the molecule is COc1ccc(C(CNC(=O)CCc2ccc(C(C)C)cc2)N2CCOCC2)cc1. The van der Waals surface area contributed by atoms with Gasteiger partial charge in [0, 0.05) is 26.1 Å². The molecule has 0 aromatic heterocycles. The van der Waals surface area contributed by atoms with Gasteiger partial charge in [0.05, 0.1) is 26.4 Å². The Morgan fingerprint density at radius 1 is 1.03 bits per heavy atom. The van der Waals surface area contributed by atoms with E-state index in [1.165, 1.54) is 16.7 Å². The molecule has 30 heavy (non-hydrogen) atoms. The number of nitrogens with zero attached hydrogens (tertiary/aromatic N) is 1. The first-order chi connectivity index (χ1) is 14.6. The van der Waals surface area contributed by atoms with Crippen LogP contribution in [0.3, 0.4) is 0 Å². The van der Waals surface area contributed by atoms with Crippen LogP contribution in [0.5, 0.6) is 5.75 Å². The first-order valence-electron chi connectivity index (χ1n) is 10.9. The van der Waals surface area contributed by atoms with Crippen LogP contribution in [-0.2, 0) is 16.0 Å². The number of ether oxygens (including phenoxy) is 2. The molecule has 1 unspecified atom stereocenters. The number of carbonyl (C=O) groups is 1. The molecular weight excluding hydrogens is 376 g/mol. The van der Waals surface area contributed by atoms with Gasteiger partial charge in [0.25, 0.3) is 0 Å². The standard InChI is InChI=1S/C25H34N2O3/c1-19(2)21-7-4-20(5-8-21)6-13-25(28)26-18-24(27-14-16-30-17-15-27)22-9-11-23(29-3)12-10-22/h4-5,7-12,19,24H,6,13-18H2,1-3H3,(H,26,28). The molecule has 1 heterocycles. The van der Waals surface area contributed by atoms with Crippen LogP contribution in [0, 0.1) is 0 Å². The molecule has 1 aliphatic rings. The lowest BCUT2D eigenvalue weighted by molar-refractivity contribution is -0.121. The van der Waals surface area contributed by atoms with E-state index < -0.39 is 0 Å². The Balaban J connectivity index is 1.56. The van der Waals surface area contributed by atoms with E-state index >= 15 is 0 Å². The van der Waals surface area contributed by atoms with E-state index in [0.717, 1.165) is 38.5 Å². The van der Waals surface area contributed by atoms with Crippen LogP contribution >= 0.6 is 0 Å². The first kappa shape index (κ1) is 22.3. The van der Waals surface area contributed by atoms with E-state index in [9.17, 15) is 4.79 Å². The number of hydrogen-bond acceptors (Lipinski definition) is 4. The largest absolute Gasteiger partial charge is 0.497 e. The number of aryl methyl sites for hydroxylation is 1. The normalized spacial score (nSPS) is 15.7. The predicted octanol–water partition coefficient (Wildman–Crippen LogP) is 3.94. The van der Waals surface area contributed by atoms with Crippen molar-refractivity contribution in [1.29, 1.82) is 0 Å².